The minimum absolute atomic E-state index is 0.110. The predicted molar refractivity (Wildman–Crippen MR) is 71.2 cm³/mol. The third-order valence-electron chi connectivity index (χ3n) is 3.13. The zero-order chi connectivity index (χ0) is 12.6. The molecule has 6 heteroatoms. The molecule has 0 N–H and O–H groups in total. The molecule has 0 saturated carbocycles. The Labute approximate surface area is 111 Å². The largest absolute Gasteiger partial charge is 0.244 e. The Morgan fingerprint density at radius 3 is 2.76 bits per heavy atom. The molecule has 0 amide bonds. The van der Waals surface area contributed by atoms with Crippen LogP contribution in [0.1, 0.15) is 29.5 Å². The maximum absolute atomic E-state index is 12.5. The lowest BCUT2D eigenvalue weighted by Gasteiger charge is -2.20. The number of halogens is 1. The normalized spacial score (nSPS) is 22.2. The number of alkyl halides is 1. The molecule has 0 aliphatic carbocycles. The first-order valence-electron chi connectivity index (χ1n) is 5.64. The van der Waals surface area contributed by atoms with Gasteiger partial charge in [0.05, 0.1) is 10.8 Å². The summed E-state index contributed by atoms with van der Waals surface area (Å²) in [6, 6.07) is 1.83. The number of nitrogens with zero attached hydrogens (tertiary/aromatic N) is 1. The number of aryl methyl sites for hydroxylation is 1. The van der Waals surface area contributed by atoms with Crippen LogP contribution in [-0.4, -0.2) is 25.3 Å². The van der Waals surface area contributed by atoms with E-state index in [1.807, 2.05) is 13.8 Å². The van der Waals surface area contributed by atoms with Gasteiger partial charge in [0.1, 0.15) is 0 Å². The lowest BCUT2D eigenvalue weighted by molar-refractivity contribution is 0.408. The van der Waals surface area contributed by atoms with Crippen molar-refractivity contribution >= 4 is 33.0 Å². The Bertz CT molecular complexity index is 510. The summed E-state index contributed by atoms with van der Waals surface area (Å²) < 4.78 is 26.6. The van der Waals surface area contributed by atoms with E-state index in [0.29, 0.717) is 17.3 Å². The summed E-state index contributed by atoms with van der Waals surface area (Å²) in [5.74, 6) is 0.372. The van der Waals surface area contributed by atoms with Gasteiger partial charge in [-0.3, -0.25) is 0 Å². The molecule has 1 saturated heterocycles. The van der Waals surface area contributed by atoms with E-state index in [-0.39, 0.29) is 6.04 Å². The maximum Gasteiger partial charge on any atom is 0.244 e. The van der Waals surface area contributed by atoms with E-state index in [2.05, 4.69) is 0 Å². The molecule has 2 rings (SSSR count). The molecule has 0 spiro atoms. The first-order valence-corrected chi connectivity index (χ1v) is 8.43. The molecule has 2 heterocycles. The Morgan fingerprint density at radius 2 is 2.29 bits per heavy atom. The van der Waals surface area contributed by atoms with Gasteiger partial charge < -0.3 is 0 Å². The van der Waals surface area contributed by atoms with Crippen molar-refractivity contribution in [3.05, 3.63) is 15.8 Å². The smallest absolute Gasteiger partial charge is 0.207 e. The molecule has 3 nitrogen and oxygen atoms in total. The molecule has 1 aromatic heterocycles. The van der Waals surface area contributed by atoms with Crippen molar-refractivity contribution in [2.45, 2.75) is 43.5 Å². The van der Waals surface area contributed by atoms with Crippen LogP contribution >= 0.6 is 22.9 Å². The van der Waals surface area contributed by atoms with Gasteiger partial charge in [-0.25, -0.2) is 8.42 Å². The van der Waals surface area contributed by atoms with Gasteiger partial charge in [-0.15, -0.1) is 22.9 Å². The molecule has 0 radical (unpaired) electrons. The maximum atomic E-state index is 12.5. The van der Waals surface area contributed by atoms with Crippen LogP contribution in [0.15, 0.2) is 11.0 Å². The molecule has 1 atom stereocenters. The van der Waals surface area contributed by atoms with E-state index >= 15 is 0 Å². The van der Waals surface area contributed by atoms with E-state index in [1.165, 1.54) is 11.3 Å². The second kappa shape index (κ2) is 4.88. The number of hydrogen-bond donors (Lipinski definition) is 0. The minimum atomic E-state index is -3.32. The zero-order valence-electron chi connectivity index (χ0n) is 9.94. The van der Waals surface area contributed by atoms with Gasteiger partial charge in [-0.2, -0.15) is 4.31 Å². The second-order valence-corrected chi connectivity index (χ2v) is 7.84. The quantitative estimate of drug-likeness (QED) is 0.804. The van der Waals surface area contributed by atoms with Crippen LogP contribution in [0.25, 0.3) is 0 Å². The van der Waals surface area contributed by atoms with Gasteiger partial charge in [0.15, 0.2) is 0 Å². The first kappa shape index (κ1) is 13.3. The van der Waals surface area contributed by atoms with Crippen molar-refractivity contribution in [2.24, 2.45) is 0 Å². The molecule has 1 aliphatic heterocycles. The standard InChI is InChI=1S/C11H16ClNO2S2/c1-8-4-3-5-13(8)17(14,15)11-6-10(7-12)16-9(11)2/h6,8H,3-5,7H2,1-2H3. The number of hydrogen-bond acceptors (Lipinski definition) is 3. The van der Waals surface area contributed by atoms with E-state index in [0.717, 1.165) is 22.6 Å². The number of rotatable bonds is 3. The summed E-state index contributed by atoms with van der Waals surface area (Å²) in [5, 5.41) is 0. The molecule has 17 heavy (non-hydrogen) atoms. The van der Waals surface area contributed by atoms with Crippen LogP contribution in [0.2, 0.25) is 0 Å². The molecular weight excluding hydrogens is 278 g/mol. The highest BCUT2D eigenvalue weighted by atomic mass is 35.5. The molecule has 0 aromatic carbocycles. The van der Waals surface area contributed by atoms with Gasteiger partial charge in [0, 0.05) is 22.3 Å². The van der Waals surface area contributed by atoms with Crippen LogP contribution in [-0.2, 0) is 15.9 Å². The fourth-order valence-electron chi connectivity index (χ4n) is 2.24. The molecule has 1 aliphatic rings. The highest BCUT2D eigenvalue weighted by Gasteiger charge is 2.34. The lowest BCUT2D eigenvalue weighted by Crippen LogP contribution is -2.33. The average Bonchev–Trinajstić information content (AvgIpc) is 2.84. The highest BCUT2D eigenvalue weighted by Crippen LogP contribution is 2.32. The molecule has 1 fully saturated rings. The topological polar surface area (TPSA) is 37.4 Å². The average molecular weight is 294 g/mol. The van der Waals surface area contributed by atoms with E-state index in [9.17, 15) is 8.42 Å². The summed E-state index contributed by atoms with van der Waals surface area (Å²) in [5.41, 5.74) is 0. The van der Waals surface area contributed by atoms with Gasteiger partial charge in [-0.1, -0.05) is 0 Å². The van der Waals surface area contributed by atoms with Gasteiger partial charge in [0.25, 0.3) is 0 Å². The van der Waals surface area contributed by atoms with Crippen molar-refractivity contribution in [2.75, 3.05) is 6.54 Å². The third-order valence-corrected chi connectivity index (χ3v) is 6.90. The molecule has 1 unspecified atom stereocenters. The Balaban J connectivity index is 2.40. The number of thiophene rings is 1. The highest BCUT2D eigenvalue weighted by molar-refractivity contribution is 7.89. The van der Waals surface area contributed by atoms with Crippen molar-refractivity contribution in [3.63, 3.8) is 0 Å². The zero-order valence-corrected chi connectivity index (χ0v) is 12.3. The van der Waals surface area contributed by atoms with E-state index in [1.54, 1.807) is 10.4 Å². The monoisotopic (exact) mass is 293 g/mol. The predicted octanol–water partition coefficient (Wildman–Crippen LogP) is 2.97. The number of sulfonamides is 1. The van der Waals surface area contributed by atoms with Crippen LogP contribution in [0, 0.1) is 6.92 Å². The Hall–Kier alpha value is -0.100. The van der Waals surface area contributed by atoms with Crippen molar-refractivity contribution in [1.82, 2.24) is 4.31 Å². The van der Waals surface area contributed by atoms with Gasteiger partial charge in [-0.05, 0) is 32.8 Å². The van der Waals surface area contributed by atoms with Crippen molar-refractivity contribution in [1.29, 1.82) is 0 Å². The van der Waals surface area contributed by atoms with Crippen molar-refractivity contribution < 1.29 is 8.42 Å². The fraction of sp³-hybridized carbons (Fsp3) is 0.636. The summed E-state index contributed by atoms with van der Waals surface area (Å²) >= 11 is 7.22. The van der Waals surface area contributed by atoms with Crippen LogP contribution < -0.4 is 0 Å². The third kappa shape index (κ3) is 2.38. The Kier molecular flexibility index (Phi) is 3.83. The van der Waals surface area contributed by atoms with Crippen LogP contribution in [0.4, 0.5) is 0 Å². The van der Waals surface area contributed by atoms with E-state index in [4.69, 9.17) is 11.6 Å². The molecule has 96 valence electrons. The summed E-state index contributed by atoms with van der Waals surface area (Å²) in [6.45, 7) is 4.44. The summed E-state index contributed by atoms with van der Waals surface area (Å²) in [7, 11) is -3.32. The SMILES string of the molecule is Cc1sc(CCl)cc1S(=O)(=O)N1CCCC1C. The van der Waals surface area contributed by atoms with E-state index < -0.39 is 10.0 Å². The summed E-state index contributed by atoms with van der Waals surface area (Å²) in [6.07, 6.45) is 1.90. The van der Waals surface area contributed by atoms with Crippen molar-refractivity contribution in [3.8, 4) is 0 Å². The second-order valence-electron chi connectivity index (χ2n) is 4.37. The molecule has 1 aromatic rings. The lowest BCUT2D eigenvalue weighted by atomic mass is 10.3. The van der Waals surface area contributed by atoms with Gasteiger partial charge >= 0.3 is 0 Å². The van der Waals surface area contributed by atoms with Crippen LogP contribution in [0.5, 0.6) is 0 Å². The van der Waals surface area contributed by atoms with Gasteiger partial charge in [0.2, 0.25) is 10.0 Å². The van der Waals surface area contributed by atoms with Crippen LogP contribution in [0.3, 0.4) is 0 Å². The first-order chi connectivity index (χ1) is 7.96. The summed E-state index contributed by atoms with van der Waals surface area (Å²) in [4.78, 5) is 2.18. The Morgan fingerprint density at radius 1 is 1.59 bits per heavy atom. The fourth-order valence-corrected chi connectivity index (χ4v) is 5.63. The molecule has 0 bridgehead atoms. The molecular formula is C11H16ClNO2S2. The minimum Gasteiger partial charge on any atom is -0.207 e.